The van der Waals surface area contributed by atoms with Gasteiger partial charge in [-0.15, -0.1) is 11.3 Å². The number of ether oxygens (including phenoxy) is 1. The molecule has 3 aromatic carbocycles. The topological polar surface area (TPSA) is 57.0 Å². The highest BCUT2D eigenvalue weighted by atomic mass is 35.5. The number of esters is 1. The van der Waals surface area contributed by atoms with Crippen LogP contribution < -0.4 is 0 Å². The zero-order valence-corrected chi connectivity index (χ0v) is 24.0. The third kappa shape index (κ3) is 6.66. The fourth-order valence-corrected chi connectivity index (χ4v) is 5.90. The maximum Gasteiger partial charge on any atom is 0.490 e. The molecule has 2 aromatic heterocycles. The Morgan fingerprint density at radius 3 is 2.26 bits per heavy atom. The molecule has 0 amide bonds. The first-order chi connectivity index (χ1) is 20.3. The van der Waals surface area contributed by atoms with E-state index in [0.717, 1.165) is 16.9 Å². The molecular formula is C29H19Cl2F6N3O2S. The van der Waals surface area contributed by atoms with Gasteiger partial charge in [-0.05, 0) is 48.4 Å². The molecule has 0 spiro atoms. The second-order valence-corrected chi connectivity index (χ2v) is 11.2. The lowest BCUT2D eigenvalue weighted by atomic mass is 9.86. The second kappa shape index (κ2) is 11.8. The Labute approximate surface area is 254 Å². The van der Waals surface area contributed by atoms with Crippen molar-refractivity contribution in [2.75, 3.05) is 0 Å². The minimum Gasteiger partial charge on any atom is -0.435 e. The highest BCUT2D eigenvalue weighted by Crippen LogP contribution is 2.44. The van der Waals surface area contributed by atoms with Gasteiger partial charge in [0.1, 0.15) is 17.3 Å². The standard InChI is InChI=1S/C29H19Cl2F6N3O2S/c30-20-7-4-18(5-8-20)28(25-38-11-13-43-25,42-26(41)29(35,36)37)19-6-9-22-23(15-19)40(24(39-22)16-27(32,33)34)12-10-17-2-1-3-21(31)14-17/h1-9,11,13-15H,10,12,16H2. The summed E-state index contributed by atoms with van der Waals surface area (Å²) in [6.07, 6.45) is -9.68. The number of halogens is 8. The van der Waals surface area contributed by atoms with Crippen LogP contribution in [-0.4, -0.2) is 32.9 Å². The van der Waals surface area contributed by atoms with E-state index in [-0.39, 0.29) is 51.0 Å². The van der Waals surface area contributed by atoms with E-state index in [1.807, 2.05) is 0 Å². The van der Waals surface area contributed by atoms with Crippen molar-refractivity contribution >= 4 is 51.5 Å². The smallest absolute Gasteiger partial charge is 0.435 e. The molecule has 0 saturated heterocycles. The molecular weight excluding hydrogens is 639 g/mol. The highest BCUT2D eigenvalue weighted by Gasteiger charge is 2.50. The zero-order valence-electron chi connectivity index (χ0n) is 21.7. The normalized spacial score (nSPS) is 13.7. The first kappa shape index (κ1) is 30.8. The Bertz CT molecular complexity index is 1760. The number of alkyl halides is 6. The number of hydrogen-bond donors (Lipinski definition) is 0. The number of aromatic nitrogens is 3. The lowest BCUT2D eigenvalue weighted by Crippen LogP contribution is -2.40. The molecule has 14 heteroatoms. The molecule has 1 unspecified atom stereocenters. The summed E-state index contributed by atoms with van der Waals surface area (Å²) < 4.78 is 88.3. The van der Waals surface area contributed by atoms with Crippen LogP contribution in [0.2, 0.25) is 10.0 Å². The maximum absolute atomic E-state index is 13.6. The number of benzene rings is 3. The molecule has 43 heavy (non-hydrogen) atoms. The first-order valence-electron chi connectivity index (χ1n) is 12.5. The number of imidazole rings is 1. The van der Waals surface area contributed by atoms with Crippen molar-refractivity contribution in [3.05, 3.63) is 116 Å². The van der Waals surface area contributed by atoms with Crippen LogP contribution in [0.1, 0.15) is 27.5 Å². The predicted molar refractivity (Wildman–Crippen MR) is 150 cm³/mol. The number of hydrogen-bond acceptors (Lipinski definition) is 5. The summed E-state index contributed by atoms with van der Waals surface area (Å²) in [7, 11) is 0. The van der Waals surface area contributed by atoms with Gasteiger partial charge in [0, 0.05) is 39.3 Å². The van der Waals surface area contributed by atoms with Crippen molar-refractivity contribution in [3.8, 4) is 0 Å². The van der Waals surface area contributed by atoms with Gasteiger partial charge >= 0.3 is 18.3 Å². The van der Waals surface area contributed by atoms with Crippen molar-refractivity contribution in [1.82, 2.24) is 14.5 Å². The summed E-state index contributed by atoms with van der Waals surface area (Å²) in [4.78, 5) is 20.8. The van der Waals surface area contributed by atoms with Gasteiger partial charge in [-0.25, -0.2) is 14.8 Å². The van der Waals surface area contributed by atoms with Gasteiger partial charge in [0.05, 0.1) is 11.0 Å². The van der Waals surface area contributed by atoms with Gasteiger partial charge in [-0.2, -0.15) is 26.3 Å². The van der Waals surface area contributed by atoms with E-state index in [9.17, 15) is 31.1 Å². The van der Waals surface area contributed by atoms with Gasteiger partial charge in [0.15, 0.2) is 0 Å². The zero-order chi connectivity index (χ0) is 31.0. The summed E-state index contributed by atoms with van der Waals surface area (Å²) in [5.74, 6) is -2.77. The van der Waals surface area contributed by atoms with Crippen LogP contribution in [0.4, 0.5) is 26.3 Å². The molecule has 0 saturated carbocycles. The average molecular weight is 658 g/mol. The van der Waals surface area contributed by atoms with Crippen LogP contribution in [-0.2, 0) is 34.5 Å². The van der Waals surface area contributed by atoms with Gasteiger partial charge < -0.3 is 9.30 Å². The van der Waals surface area contributed by atoms with Gasteiger partial charge in [0.2, 0.25) is 5.60 Å². The molecule has 224 valence electrons. The third-order valence-electron chi connectivity index (χ3n) is 6.57. The van der Waals surface area contributed by atoms with Crippen LogP contribution in [0.5, 0.6) is 0 Å². The fourth-order valence-electron chi connectivity index (χ4n) is 4.74. The number of aryl methyl sites for hydroxylation is 2. The van der Waals surface area contributed by atoms with E-state index < -0.39 is 30.3 Å². The molecule has 5 aromatic rings. The van der Waals surface area contributed by atoms with E-state index in [2.05, 4.69) is 9.97 Å². The number of carbonyl (C=O) groups is 1. The Morgan fingerprint density at radius 2 is 1.63 bits per heavy atom. The molecule has 0 N–H and O–H groups in total. The summed E-state index contributed by atoms with van der Waals surface area (Å²) in [6, 6.07) is 16.5. The quantitative estimate of drug-likeness (QED) is 0.124. The number of rotatable bonds is 8. The van der Waals surface area contributed by atoms with Gasteiger partial charge in [-0.3, -0.25) is 0 Å². The van der Waals surface area contributed by atoms with Crippen molar-refractivity contribution in [2.45, 2.75) is 37.3 Å². The Balaban J connectivity index is 1.73. The van der Waals surface area contributed by atoms with E-state index >= 15 is 0 Å². The molecule has 0 radical (unpaired) electrons. The molecule has 2 heterocycles. The summed E-state index contributed by atoms with van der Waals surface area (Å²) in [5, 5.41) is 2.20. The summed E-state index contributed by atoms with van der Waals surface area (Å²) in [5.41, 5.74) is -1.02. The number of fused-ring (bicyclic) bond motifs is 1. The van der Waals surface area contributed by atoms with Crippen molar-refractivity contribution in [1.29, 1.82) is 0 Å². The number of nitrogens with zero attached hydrogens (tertiary/aromatic N) is 3. The Morgan fingerprint density at radius 1 is 0.907 bits per heavy atom. The van der Waals surface area contributed by atoms with Crippen molar-refractivity contribution in [2.24, 2.45) is 0 Å². The van der Waals surface area contributed by atoms with Gasteiger partial charge in [0.25, 0.3) is 0 Å². The summed E-state index contributed by atoms with van der Waals surface area (Å²) in [6.45, 7) is 0.0409. The van der Waals surface area contributed by atoms with Gasteiger partial charge in [-0.1, -0.05) is 53.5 Å². The minimum absolute atomic E-state index is 0.0114. The average Bonchev–Trinajstić information content (AvgIpc) is 3.58. The van der Waals surface area contributed by atoms with Crippen molar-refractivity contribution in [3.63, 3.8) is 0 Å². The van der Waals surface area contributed by atoms with Crippen LogP contribution in [0.15, 0.2) is 78.3 Å². The predicted octanol–water partition coefficient (Wildman–Crippen LogP) is 8.54. The van der Waals surface area contributed by atoms with Crippen LogP contribution in [0, 0.1) is 0 Å². The monoisotopic (exact) mass is 657 g/mol. The molecule has 0 bridgehead atoms. The number of carbonyl (C=O) groups excluding carboxylic acids is 1. The molecule has 0 aliphatic rings. The largest absolute Gasteiger partial charge is 0.490 e. The molecule has 0 aliphatic heterocycles. The maximum atomic E-state index is 13.6. The van der Waals surface area contributed by atoms with Crippen LogP contribution in [0.3, 0.4) is 0 Å². The highest BCUT2D eigenvalue weighted by molar-refractivity contribution is 7.09. The molecule has 5 nitrogen and oxygen atoms in total. The van der Waals surface area contributed by atoms with Crippen LogP contribution in [0.25, 0.3) is 11.0 Å². The summed E-state index contributed by atoms with van der Waals surface area (Å²) >= 11 is 13.1. The molecule has 1 atom stereocenters. The Kier molecular flexibility index (Phi) is 8.47. The second-order valence-electron chi connectivity index (χ2n) is 9.47. The molecule has 5 rings (SSSR count). The molecule has 0 fully saturated rings. The molecule has 0 aliphatic carbocycles. The van der Waals surface area contributed by atoms with Crippen molar-refractivity contribution < 1.29 is 35.9 Å². The van der Waals surface area contributed by atoms with E-state index in [0.29, 0.717) is 5.02 Å². The SMILES string of the molecule is O=C(OC(c1ccc(Cl)cc1)(c1ccc2nc(CC(F)(F)F)n(CCc3cccc(Cl)c3)c2c1)c1nccs1)C(F)(F)F. The lowest BCUT2D eigenvalue weighted by Gasteiger charge is -2.33. The lowest BCUT2D eigenvalue weighted by molar-refractivity contribution is -0.209. The van der Waals surface area contributed by atoms with Crippen LogP contribution >= 0.6 is 34.5 Å². The Hall–Kier alpha value is -3.61. The fraction of sp³-hybridized carbons (Fsp3) is 0.207. The van der Waals surface area contributed by atoms with E-state index in [1.165, 1.54) is 58.6 Å². The van der Waals surface area contributed by atoms with E-state index in [4.69, 9.17) is 27.9 Å². The number of thiazole rings is 1. The van der Waals surface area contributed by atoms with E-state index in [1.54, 1.807) is 24.3 Å². The first-order valence-corrected chi connectivity index (χ1v) is 14.2. The third-order valence-corrected chi connectivity index (χ3v) is 7.93. The minimum atomic E-state index is -5.36.